The summed E-state index contributed by atoms with van der Waals surface area (Å²) in [6, 6.07) is -0.690. The minimum Gasteiger partial charge on any atom is -0.480 e. The van der Waals surface area contributed by atoms with Crippen LogP contribution in [0, 0.1) is 5.92 Å². The van der Waals surface area contributed by atoms with Crippen LogP contribution in [-0.4, -0.2) is 27.1 Å². The average molecular weight is 199 g/mol. The molecule has 0 radical (unpaired) electrons. The summed E-state index contributed by atoms with van der Waals surface area (Å²) in [5, 5.41) is 8.31. The SMILES string of the molecule is CC(C)CC(N)C(=O)O.c1c[nH]cn1. The Kier molecular flexibility index (Phi) is 6.39. The van der Waals surface area contributed by atoms with E-state index >= 15 is 0 Å². The Morgan fingerprint density at radius 1 is 1.64 bits per heavy atom. The zero-order valence-corrected chi connectivity index (χ0v) is 8.47. The van der Waals surface area contributed by atoms with E-state index < -0.39 is 12.0 Å². The van der Waals surface area contributed by atoms with Crippen molar-refractivity contribution in [1.82, 2.24) is 9.97 Å². The molecule has 0 aliphatic rings. The molecule has 5 heteroatoms. The lowest BCUT2D eigenvalue weighted by Gasteiger charge is -2.07. The lowest BCUT2D eigenvalue weighted by Crippen LogP contribution is -2.31. The predicted molar refractivity (Wildman–Crippen MR) is 53.7 cm³/mol. The van der Waals surface area contributed by atoms with Crippen molar-refractivity contribution in [3.8, 4) is 0 Å². The highest BCUT2D eigenvalue weighted by molar-refractivity contribution is 5.72. The Labute approximate surface area is 83.4 Å². The van der Waals surface area contributed by atoms with Crippen LogP contribution < -0.4 is 5.73 Å². The van der Waals surface area contributed by atoms with Gasteiger partial charge in [-0.3, -0.25) is 4.79 Å². The lowest BCUT2D eigenvalue weighted by atomic mass is 10.1. The van der Waals surface area contributed by atoms with Crippen LogP contribution in [0.3, 0.4) is 0 Å². The van der Waals surface area contributed by atoms with E-state index in [4.69, 9.17) is 10.8 Å². The average Bonchev–Trinajstić information content (AvgIpc) is 2.59. The molecule has 0 spiro atoms. The zero-order chi connectivity index (χ0) is 11.0. The fraction of sp³-hybridized carbons (Fsp3) is 0.556. The van der Waals surface area contributed by atoms with Crippen molar-refractivity contribution in [2.45, 2.75) is 26.3 Å². The van der Waals surface area contributed by atoms with Crippen LogP contribution in [0.25, 0.3) is 0 Å². The number of nitrogens with zero attached hydrogens (tertiary/aromatic N) is 1. The molecule has 0 saturated heterocycles. The van der Waals surface area contributed by atoms with Crippen LogP contribution in [0.4, 0.5) is 0 Å². The molecule has 4 N–H and O–H groups in total. The van der Waals surface area contributed by atoms with E-state index in [2.05, 4.69) is 9.97 Å². The number of hydrogen-bond acceptors (Lipinski definition) is 3. The number of imidazole rings is 1. The number of carbonyl (C=O) groups is 1. The smallest absolute Gasteiger partial charge is 0.320 e. The number of hydrogen-bond donors (Lipinski definition) is 3. The van der Waals surface area contributed by atoms with Crippen molar-refractivity contribution in [3.63, 3.8) is 0 Å². The van der Waals surface area contributed by atoms with E-state index in [-0.39, 0.29) is 0 Å². The molecule has 1 rings (SSSR count). The fourth-order valence-electron chi connectivity index (χ4n) is 0.824. The van der Waals surface area contributed by atoms with E-state index in [0.29, 0.717) is 12.3 Å². The number of rotatable bonds is 3. The highest BCUT2D eigenvalue weighted by atomic mass is 16.4. The maximum atomic E-state index is 10.1. The molecule has 0 aliphatic carbocycles. The normalized spacial score (nSPS) is 11.7. The summed E-state index contributed by atoms with van der Waals surface area (Å²) < 4.78 is 0. The summed E-state index contributed by atoms with van der Waals surface area (Å²) in [6.45, 7) is 3.89. The molecule has 14 heavy (non-hydrogen) atoms. The van der Waals surface area contributed by atoms with Gasteiger partial charge in [0.1, 0.15) is 6.04 Å². The van der Waals surface area contributed by atoms with Gasteiger partial charge >= 0.3 is 5.97 Å². The second-order valence-electron chi connectivity index (χ2n) is 3.33. The number of aliphatic carboxylic acids is 1. The van der Waals surface area contributed by atoms with Gasteiger partial charge in [0, 0.05) is 12.4 Å². The van der Waals surface area contributed by atoms with Crippen LogP contribution >= 0.6 is 0 Å². The highest BCUT2D eigenvalue weighted by Crippen LogP contribution is 2.01. The lowest BCUT2D eigenvalue weighted by molar-refractivity contribution is -0.138. The first-order valence-corrected chi connectivity index (χ1v) is 4.45. The Morgan fingerprint density at radius 3 is 2.43 bits per heavy atom. The molecule has 0 bridgehead atoms. The van der Waals surface area contributed by atoms with Gasteiger partial charge in [-0.25, -0.2) is 4.98 Å². The first kappa shape index (κ1) is 12.6. The molecule has 0 aromatic carbocycles. The van der Waals surface area contributed by atoms with Crippen LogP contribution in [0.1, 0.15) is 20.3 Å². The van der Waals surface area contributed by atoms with Gasteiger partial charge in [-0.1, -0.05) is 13.8 Å². The Bertz CT molecular complexity index is 217. The van der Waals surface area contributed by atoms with E-state index in [9.17, 15) is 4.79 Å². The van der Waals surface area contributed by atoms with Crippen LogP contribution in [0.15, 0.2) is 18.7 Å². The van der Waals surface area contributed by atoms with Crippen LogP contribution in [-0.2, 0) is 4.79 Å². The molecule has 0 aliphatic heterocycles. The molecule has 80 valence electrons. The van der Waals surface area contributed by atoms with E-state index in [1.165, 1.54) is 0 Å². The monoisotopic (exact) mass is 199 g/mol. The number of aromatic amines is 1. The first-order chi connectivity index (χ1) is 6.54. The molecule has 1 unspecified atom stereocenters. The molecule has 0 saturated carbocycles. The van der Waals surface area contributed by atoms with Crippen molar-refractivity contribution in [2.24, 2.45) is 11.7 Å². The quantitative estimate of drug-likeness (QED) is 0.673. The second kappa shape index (κ2) is 7.08. The topological polar surface area (TPSA) is 92.0 Å². The minimum atomic E-state index is -0.913. The molecule has 0 fully saturated rings. The van der Waals surface area contributed by atoms with Gasteiger partial charge in [0.15, 0.2) is 0 Å². The Hall–Kier alpha value is -1.36. The summed E-state index contributed by atoms with van der Waals surface area (Å²) in [6.07, 6.45) is 5.63. The summed E-state index contributed by atoms with van der Waals surface area (Å²) in [5.74, 6) is -0.556. The molecule has 1 heterocycles. The number of carboxylic acid groups (broad SMARTS) is 1. The molecule has 1 aromatic rings. The third kappa shape index (κ3) is 7.30. The maximum Gasteiger partial charge on any atom is 0.320 e. The molecule has 1 aromatic heterocycles. The van der Waals surface area contributed by atoms with Crippen LogP contribution in [0.2, 0.25) is 0 Å². The molecular weight excluding hydrogens is 182 g/mol. The van der Waals surface area contributed by atoms with E-state index in [0.717, 1.165) is 0 Å². The summed E-state index contributed by atoms with van der Waals surface area (Å²) in [4.78, 5) is 16.5. The fourth-order valence-corrected chi connectivity index (χ4v) is 0.824. The maximum absolute atomic E-state index is 10.1. The molecular formula is C9H17N3O2. The zero-order valence-electron chi connectivity index (χ0n) is 8.47. The Morgan fingerprint density at radius 2 is 2.29 bits per heavy atom. The first-order valence-electron chi connectivity index (χ1n) is 4.45. The van der Waals surface area contributed by atoms with Crippen molar-refractivity contribution >= 4 is 5.97 Å². The third-order valence-electron chi connectivity index (χ3n) is 1.45. The number of nitrogens with one attached hydrogen (secondary N) is 1. The van der Waals surface area contributed by atoms with Crippen LogP contribution in [0.5, 0.6) is 0 Å². The van der Waals surface area contributed by atoms with Gasteiger partial charge in [-0.05, 0) is 12.3 Å². The molecule has 1 atom stereocenters. The van der Waals surface area contributed by atoms with Gasteiger partial charge < -0.3 is 15.8 Å². The van der Waals surface area contributed by atoms with Gasteiger partial charge in [0.05, 0.1) is 6.33 Å². The number of carboxylic acids is 1. The third-order valence-corrected chi connectivity index (χ3v) is 1.45. The predicted octanol–water partition coefficient (Wildman–Crippen LogP) is 0.854. The number of aromatic nitrogens is 2. The minimum absolute atomic E-state index is 0.357. The number of nitrogens with two attached hydrogens (primary N) is 1. The van der Waals surface area contributed by atoms with Crippen molar-refractivity contribution < 1.29 is 9.90 Å². The largest absolute Gasteiger partial charge is 0.480 e. The standard InChI is InChI=1S/C6H13NO2.C3H4N2/c1-4(2)3-5(7)6(8)9;1-2-5-3-4-1/h4-5H,3,7H2,1-2H3,(H,8,9);1-3H,(H,4,5). The van der Waals surface area contributed by atoms with Crippen molar-refractivity contribution in [1.29, 1.82) is 0 Å². The summed E-state index contributed by atoms with van der Waals surface area (Å²) >= 11 is 0. The van der Waals surface area contributed by atoms with Gasteiger partial charge in [-0.2, -0.15) is 0 Å². The molecule has 5 nitrogen and oxygen atoms in total. The van der Waals surface area contributed by atoms with Gasteiger partial charge in [-0.15, -0.1) is 0 Å². The van der Waals surface area contributed by atoms with Gasteiger partial charge in [0.25, 0.3) is 0 Å². The second-order valence-corrected chi connectivity index (χ2v) is 3.33. The molecule has 0 amide bonds. The number of H-pyrrole nitrogens is 1. The van der Waals surface area contributed by atoms with E-state index in [1.807, 2.05) is 13.8 Å². The van der Waals surface area contributed by atoms with E-state index in [1.54, 1.807) is 18.7 Å². The summed E-state index contributed by atoms with van der Waals surface area (Å²) in [5.41, 5.74) is 5.22. The Balaban J connectivity index is 0.000000280. The van der Waals surface area contributed by atoms with Crippen molar-refractivity contribution in [3.05, 3.63) is 18.7 Å². The van der Waals surface area contributed by atoms with Gasteiger partial charge in [0.2, 0.25) is 0 Å². The van der Waals surface area contributed by atoms with Crippen molar-refractivity contribution in [2.75, 3.05) is 0 Å². The summed E-state index contributed by atoms with van der Waals surface area (Å²) in [7, 11) is 0. The highest BCUT2D eigenvalue weighted by Gasteiger charge is 2.11.